The minimum atomic E-state index is -1.29. The number of nitrogens with zero attached hydrogens (tertiary/aromatic N) is 4. The second-order valence-corrected chi connectivity index (χ2v) is 6.42. The summed E-state index contributed by atoms with van der Waals surface area (Å²) in [6, 6.07) is 5.36. The maximum Gasteiger partial charge on any atom is 0.252 e. The average molecular weight is 343 g/mol. The van der Waals surface area contributed by atoms with E-state index in [-0.39, 0.29) is 18.9 Å². The first-order chi connectivity index (χ1) is 11.7. The largest absolute Gasteiger partial charge is 0.463 e. The first-order valence-corrected chi connectivity index (χ1v) is 8.00. The monoisotopic (exact) mass is 343 g/mol. The fourth-order valence-corrected chi connectivity index (χ4v) is 2.57. The van der Waals surface area contributed by atoms with Gasteiger partial charge in [0.2, 0.25) is 5.91 Å². The van der Waals surface area contributed by atoms with Crippen LogP contribution >= 0.6 is 0 Å². The number of rotatable bonds is 5. The van der Waals surface area contributed by atoms with Crippen LogP contribution in [-0.4, -0.2) is 37.1 Å². The van der Waals surface area contributed by atoms with Crippen molar-refractivity contribution < 1.29 is 14.3 Å². The Morgan fingerprint density at radius 2 is 2.08 bits per heavy atom. The summed E-state index contributed by atoms with van der Waals surface area (Å²) in [6.07, 6.45) is 0.00904. The van der Waals surface area contributed by atoms with Crippen LogP contribution < -0.4 is 5.32 Å². The molecule has 8 heteroatoms. The van der Waals surface area contributed by atoms with E-state index >= 15 is 0 Å². The van der Waals surface area contributed by atoms with Crippen LogP contribution in [0.4, 0.5) is 0 Å². The van der Waals surface area contributed by atoms with Gasteiger partial charge in [-0.2, -0.15) is 4.98 Å². The van der Waals surface area contributed by atoms with Gasteiger partial charge in [0.05, 0.1) is 13.0 Å². The molecule has 2 N–H and O–H groups in total. The Morgan fingerprint density at radius 3 is 2.76 bits per heavy atom. The van der Waals surface area contributed by atoms with Crippen LogP contribution in [-0.2, 0) is 16.8 Å². The van der Waals surface area contributed by atoms with Crippen molar-refractivity contribution in [2.24, 2.45) is 0 Å². The minimum Gasteiger partial charge on any atom is -0.463 e. The van der Waals surface area contributed by atoms with Crippen molar-refractivity contribution in [3.05, 3.63) is 46.9 Å². The molecule has 1 atom stereocenters. The fourth-order valence-electron chi connectivity index (χ4n) is 2.57. The van der Waals surface area contributed by atoms with Gasteiger partial charge in [0.1, 0.15) is 17.1 Å². The van der Waals surface area contributed by atoms with Gasteiger partial charge in [0, 0.05) is 11.4 Å². The van der Waals surface area contributed by atoms with Crippen LogP contribution in [0.2, 0.25) is 0 Å². The SMILES string of the molecule is Cc1cc(C)n2nc(CC(=O)NCC(C)(O)c3ccc(C)o3)nc2n1. The van der Waals surface area contributed by atoms with E-state index in [1.54, 1.807) is 30.5 Å². The molecule has 8 nitrogen and oxygen atoms in total. The second kappa shape index (κ2) is 6.29. The highest BCUT2D eigenvalue weighted by Crippen LogP contribution is 2.21. The lowest BCUT2D eigenvalue weighted by Gasteiger charge is -2.21. The van der Waals surface area contributed by atoms with E-state index in [1.807, 2.05) is 19.9 Å². The zero-order valence-corrected chi connectivity index (χ0v) is 14.7. The van der Waals surface area contributed by atoms with E-state index in [0.717, 1.165) is 11.4 Å². The summed E-state index contributed by atoms with van der Waals surface area (Å²) in [6.45, 7) is 7.20. The number of fused-ring (bicyclic) bond motifs is 1. The Kier molecular flexibility index (Phi) is 4.30. The highest BCUT2D eigenvalue weighted by Gasteiger charge is 2.27. The molecular formula is C17H21N5O3. The molecular weight excluding hydrogens is 322 g/mol. The van der Waals surface area contributed by atoms with E-state index in [1.165, 1.54) is 0 Å². The Hall–Kier alpha value is -2.74. The average Bonchev–Trinajstić information content (AvgIpc) is 3.12. The number of aryl methyl sites for hydroxylation is 3. The van der Waals surface area contributed by atoms with Crippen LogP contribution in [0.5, 0.6) is 0 Å². The summed E-state index contributed by atoms with van der Waals surface area (Å²) in [5.74, 6) is 1.68. The number of hydrogen-bond donors (Lipinski definition) is 2. The number of furan rings is 1. The topological polar surface area (TPSA) is 106 Å². The number of amides is 1. The van der Waals surface area contributed by atoms with E-state index in [0.29, 0.717) is 23.1 Å². The molecule has 0 fully saturated rings. The molecule has 0 saturated carbocycles. The maximum atomic E-state index is 12.2. The van der Waals surface area contributed by atoms with Gasteiger partial charge >= 0.3 is 0 Å². The van der Waals surface area contributed by atoms with Crippen LogP contribution in [0.3, 0.4) is 0 Å². The third kappa shape index (κ3) is 3.69. The molecule has 0 bridgehead atoms. The van der Waals surface area contributed by atoms with Crippen molar-refractivity contribution >= 4 is 11.7 Å². The first-order valence-electron chi connectivity index (χ1n) is 8.00. The third-order valence-corrected chi connectivity index (χ3v) is 3.88. The molecule has 25 heavy (non-hydrogen) atoms. The van der Waals surface area contributed by atoms with Crippen LogP contribution in [0, 0.1) is 20.8 Å². The molecule has 0 aliphatic rings. The fraction of sp³-hybridized carbons (Fsp3) is 0.412. The molecule has 3 aromatic heterocycles. The molecule has 3 heterocycles. The van der Waals surface area contributed by atoms with Crippen molar-refractivity contribution in [2.45, 2.75) is 39.7 Å². The van der Waals surface area contributed by atoms with Gasteiger partial charge in [-0.1, -0.05) is 0 Å². The summed E-state index contributed by atoms with van der Waals surface area (Å²) in [5, 5.41) is 17.4. The highest BCUT2D eigenvalue weighted by atomic mass is 16.4. The summed E-state index contributed by atoms with van der Waals surface area (Å²) in [4.78, 5) is 20.7. The van der Waals surface area contributed by atoms with E-state index in [4.69, 9.17) is 4.42 Å². The molecule has 0 aliphatic carbocycles. The predicted octanol–water partition coefficient (Wildman–Crippen LogP) is 1.21. The van der Waals surface area contributed by atoms with Gasteiger partial charge < -0.3 is 14.8 Å². The lowest BCUT2D eigenvalue weighted by Crippen LogP contribution is -2.39. The Morgan fingerprint density at radius 1 is 1.32 bits per heavy atom. The third-order valence-electron chi connectivity index (χ3n) is 3.88. The lowest BCUT2D eigenvalue weighted by atomic mass is 10.0. The van der Waals surface area contributed by atoms with Gasteiger partial charge in [0.25, 0.3) is 5.78 Å². The van der Waals surface area contributed by atoms with E-state index < -0.39 is 5.60 Å². The number of nitrogens with one attached hydrogen (secondary N) is 1. The molecule has 3 rings (SSSR count). The first kappa shape index (κ1) is 17.1. The molecule has 1 unspecified atom stereocenters. The smallest absolute Gasteiger partial charge is 0.252 e. The molecule has 0 spiro atoms. The summed E-state index contributed by atoms with van der Waals surface area (Å²) < 4.78 is 7.03. The molecule has 132 valence electrons. The molecule has 0 radical (unpaired) electrons. The van der Waals surface area contributed by atoms with Crippen molar-refractivity contribution in [3.8, 4) is 0 Å². The molecule has 0 aromatic carbocycles. The predicted molar refractivity (Wildman–Crippen MR) is 90.0 cm³/mol. The molecule has 0 aliphatic heterocycles. The van der Waals surface area contributed by atoms with Crippen LogP contribution in [0.15, 0.2) is 22.6 Å². The normalized spacial score (nSPS) is 13.8. The maximum absolute atomic E-state index is 12.2. The highest BCUT2D eigenvalue weighted by molar-refractivity contribution is 5.77. The molecule has 1 amide bonds. The number of carbonyl (C=O) groups is 1. The quantitative estimate of drug-likeness (QED) is 0.721. The minimum absolute atomic E-state index is 0.00904. The van der Waals surface area contributed by atoms with Gasteiger partial charge in [-0.3, -0.25) is 4.79 Å². The van der Waals surface area contributed by atoms with Gasteiger partial charge in [-0.15, -0.1) is 5.10 Å². The van der Waals surface area contributed by atoms with Crippen molar-refractivity contribution in [1.82, 2.24) is 24.9 Å². The van der Waals surface area contributed by atoms with E-state index in [2.05, 4.69) is 20.4 Å². The zero-order chi connectivity index (χ0) is 18.2. The summed E-state index contributed by atoms with van der Waals surface area (Å²) >= 11 is 0. The molecule has 3 aromatic rings. The van der Waals surface area contributed by atoms with Crippen molar-refractivity contribution in [1.29, 1.82) is 0 Å². The van der Waals surface area contributed by atoms with Crippen molar-refractivity contribution in [2.75, 3.05) is 6.54 Å². The van der Waals surface area contributed by atoms with Crippen LogP contribution in [0.1, 0.15) is 35.7 Å². The second-order valence-electron chi connectivity index (χ2n) is 6.42. The summed E-state index contributed by atoms with van der Waals surface area (Å²) in [7, 11) is 0. The number of hydrogen-bond acceptors (Lipinski definition) is 6. The van der Waals surface area contributed by atoms with E-state index in [9.17, 15) is 9.90 Å². The van der Waals surface area contributed by atoms with Gasteiger partial charge in [0.15, 0.2) is 5.82 Å². The van der Waals surface area contributed by atoms with Gasteiger partial charge in [-0.25, -0.2) is 9.50 Å². The molecule has 0 saturated heterocycles. The Bertz CT molecular complexity index is 926. The van der Waals surface area contributed by atoms with Gasteiger partial charge in [-0.05, 0) is 45.9 Å². The van der Waals surface area contributed by atoms with Crippen LogP contribution in [0.25, 0.3) is 5.78 Å². The van der Waals surface area contributed by atoms with Crippen molar-refractivity contribution in [3.63, 3.8) is 0 Å². The summed E-state index contributed by atoms with van der Waals surface area (Å²) in [5.41, 5.74) is 0.460. The number of aromatic nitrogens is 4. The lowest BCUT2D eigenvalue weighted by molar-refractivity contribution is -0.121. The Balaban J connectivity index is 1.65. The Labute approximate surface area is 144 Å². The zero-order valence-electron chi connectivity index (χ0n) is 14.7. The number of aliphatic hydroxyl groups is 1. The standard InChI is InChI=1S/C17H21N5O3/c1-10-7-11(2)22-16(19-10)20-14(21-22)8-15(23)18-9-17(4,24)13-6-5-12(3)25-13/h5-7,24H,8-9H2,1-4H3,(H,18,23). The number of carbonyl (C=O) groups excluding carboxylic acids is 1.